The van der Waals surface area contributed by atoms with Gasteiger partial charge in [-0.05, 0) is 48.2 Å². The first-order valence-corrected chi connectivity index (χ1v) is 11.9. The summed E-state index contributed by atoms with van der Waals surface area (Å²) in [5.74, 6) is -1.35. The number of carboxylic acids is 1. The van der Waals surface area contributed by atoms with Gasteiger partial charge in [-0.3, -0.25) is 14.4 Å². The molecule has 6 nitrogen and oxygen atoms in total. The van der Waals surface area contributed by atoms with Gasteiger partial charge in [0.25, 0.3) is 0 Å². The van der Waals surface area contributed by atoms with Crippen LogP contribution in [-0.4, -0.2) is 29.4 Å². The Balaban J connectivity index is 1.55. The predicted octanol–water partition coefficient (Wildman–Crippen LogP) is 6.23. The number of carboxylic acid groups (broad SMARTS) is 1. The van der Waals surface area contributed by atoms with Crippen molar-refractivity contribution in [3.05, 3.63) is 84.4 Å². The molecule has 3 rings (SSSR count). The number of para-hydroxylation sites is 1. The Morgan fingerprint density at radius 3 is 2.11 bits per heavy atom. The van der Waals surface area contributed by atoms with E-state index in [1.807, 2.05) is 61.5 Å². The third-order valence-electron chi connectivity index (χ3n) is 5.73. The van der Waals surface area contributed by atoms with E-state index in [1.165, 1.54) is 0 Å². The summed E-state index contributed by atoms with van der Waals surface area (Å²) >= 11 is 0. The van der Waals surface area contributed by atoms with Crippen LogP contribution in [-0.2, 0) is 9.59 Å². The molecule has 3 aromatic rings. The fraction of sp³-hybridized carbons (Fsp3) is 0.276. The number of carbonyl (C=O) groups is 3. The van der Waals surface area contributed by atoms with Gasteiger partial charge < -0.3 is 15.2 Å². The molecule has 182 valence electrons. The second-order valence-electron chi connectivity index (χ2n) is 8.42. The Bertz CT molecular complexity index is 1110. The van der Waals surface area contributed by atoms with Crippen molar-refractivity contribution in [2.75, 3.05) is 11.9 Å². The van der Waals surface area contributed by atoms with Crippen molar-refractivity contribution in [2.24, 2.45) is 5.92 Å². The number of benzene rings is 3. The smallest absolute Gasteiger partial charge is 0.307 e. The molecule has 1 amide bonds. The van der Waals surface area contributed by atoms with Crippen molar-refractivity contribution < 1.29 is 24.2 Å². The maximum absolute atomic E-state index is 12.7. The van der Waals surface area contributed by atoms with Crippen LogP contribution in [0.2, 0.25) is 0 Å². The number of aliphatic carboxylic acids is 1. The maximum atomic E-state index is 12.7. The van der Waals surface area contributed by atoms with Crippen LogP contribution in [0.5, 0.6) is 5.75 Å². The lowest BCUT2D eigenvalue weighted by atomic mass is 9.94. The highest BCUT2D eigenvalue weighted by molar-refractivity contribution is 5.98. The first kappa shape index (κ1) is 25.7. The Labute approximate surface area is 206 Å². The Kier molecular flexibility index (Phi) is 9.60. The lowest BCUT2D eigenvalue weighted by molar-refractivity contribution is -0.142. The van der Waals surface area contributed by atoms with Crippen molar-refractivity contribution in [3.8, 4) is 16.9 Å². The summed E-state index contributed by atoms with van der Waals surface area (Å²) in [6, 6.07) is 23.8. The molecular weight excluding hydrogens is 442 g/mol. The highest BCUT2D eigenvalue weighted by Crippen LogP contribution is 2.23. The molecule has 0 radical (unpaired) electrons. The van der Waals surface area contributed by atoms with Crippen molar-refractivity contribution in [1.29, 1.82) is 0 Å². The number of nitrogens with one attached hydrogen (secondary N) is 1. The topological polar surface area (TPSA) is 92.7 Å². The average molecular weight is 474 g/mol. The average Bonchev–Trinajstić information content (AvgIpc) is 2.88. The number of rotatable bonds is 13. The molecule has 0 saturated heterocycles. The van der Waals surface area contributed by atoms with Gasteiger partial charge in [-0.1, -0.05) is 67.9 Å². The molecule has 0 spiro atoms. The summed E-state index contributed by atoms with van der Waals surface area (Å²) in [5.41, 5.74) is 3.11. The quantitative estimate of drug-likeness (QED) is 0.287. The van der Waals surface area contributed by atoms with Crippen LogP contribution < -0.4 is 10.1 Å². The minimum Gasteiger partial charge on any atom is -0.494 e. The third kappa shape index (κ3) is 8.10. The molecule has 0 heterocycles. The number of amides is 1. The van der Waals surface area contributed by atoms with E-state index in [4.69, 9.17) is 4.74 Å². The number of unbranched alkanes of at least 4 members (excludes halogenated alkanes) is 1. The molecule has 1 unspecified atom stereocenters. The first-order valence-electron chi connectivity index (χ1n) is 11.9. The van der Waals surface area contributed by atoms with Gasteiger partial charge in [0.1, 0.15) is 5.75 Å². The molecule has 0 fully saturated rings. The molecular formula is C29H31NO5. The van der Waals surface area contributed by atoms with Gasteiger partial charge >= 0.3 is 5.97 Å². The summed E-state index contributed by atoms with van der Waals surface area (Å²) in [7, 11) is 0. The maximum Gasteiger partial charge on any atom is 0.307 e. The molecule has 0 aliphatic carbocycles. The second-order valence-corrected chi connectivity index (χ2v) is 8.42. The first-order chi connectivity index (χ1) is 17.0. The van der Waals surface area contributed by atoms with Crippen LogP contribution in [0, 0.1) is 5.92 Å². The molecule has 35 heavy (non-hydrogen) atoms. The lowest BCUT2D eigenvalue weighted by Gasteiger charge is -2.13. The zero-order valence-electron chi connectivity index (χ0n) is 19.9. The van der Waals surface area contributed by atoms with Gasteiger partial charge in [-0.15, -0.1) is 0 Å². The minimum absolute atomic E-state index is 0.00811. The van der Waals surface area contributed by atoms with E-state index in [2.05, 4.69) is 5.32 Å². The minimum atomic E-state index is -1.01. The lowest BCUT2D eigenvalue weighted by Crippen LogP contribution is -2.20. The Morgan fingerprint density at radius 2 is 1.51 bits per heavy atom. The van der Waals surface area contributed by atoms with E-state index < -0.39 is 11.9 Å². The highest BCUT2D eigenvalue weighted by atomic mass is 16.5. The Hall–Kier alpha value is -3.93. The van der Waals surface area contributed by atoms with Crippen LogP contribution in [0.1, 0.15) is 49.4 Å². The van der Waals surface area contributed by atoms with Crippen molar-refractivity contribution in [1.82, 2.24) is 0 Å². The van der Waals surface area contributed by atoms with Gasteiger partial charge in [-0.2, -0.15) is 0 Å². The largest absolute Gasteiger partial charge is 0.494 e. The summed E-state index contributed by atoms with van der Waals surface area (Å²) in [6.07, 6.45) is 2.51. The van der Waals surface area contributed by atoms with E-state index >= 15 is 0 Å². The normalized spacial score (nSPS) is 11.5. The monoisotopic (exact) mass is 473 g/mol. The summed E-state index contributed by atoms with van der Waals surface area (Å²) < 4.78 is 5.59. The van der Waals surface area contributed by atoms with Crippen LogP contribution in [0.25, 0.3) is 11.1 Å². The third-order valence-corrected chi connectivity index (χ3v) is 5.73. The number of carbonyl (C=O) groups excluding carboxylic acids is 2. The summed E-state index contributed by atoms with van der Waals surface area (Å²) in [6.45, 7) is 2.27. The van der Waals surface area contributed by atoms with Crippen LogP contribution in [0.4, 0.5) is 5.69 Å². The second kappa shape index (κ2) is 13.1. The van der Waals surface area contributed by atoms with Crippen molar-refractivity contribution in [3.63, 3.8) is 0 Å². The zero-order chi connectivity index (χ0) is 25.0. The summed E-state index contributed by atoms with van der Waals surface area (Å²) in [5, 5.41) is 12.4. The fourth-order valence-electron chi connectivity index (χ4n) is 3.65. The number of Topliss-reactive ketones (excluding diaryl/α,β-unsaturated/α-hetero) is 1. The summed E-state index contributed by atoms with van der Waals surface area (Å²) in [4.78, 5) is 36.3. The van der Waals surface area contributed by atoms with E-state index in [0.717, 1.165) is 29.7 Å². The molecule has 2 N–H and O–H groups in total. The number of anilines is 1. The molecule has 0 saturated carbocycles. The van der Waals surface area contributed by atoms with Crippen molar-refractivity contribution in [2.45, 2.75) is 39.0 Å². The van der Waals surface area contributed by atoms with Gasteiger partial charge in [0, 0.05) is 24.1 Å². The van der Waals surface area contributed by atoms with Gasteiger partial charge in [0.05, 0.1) is 12.5 Å². The molecule has 3 aromatic carbocycles. The van der Waals surface area contributed by atoms with E-state index in [9.17, 15) is 19.5 Å². The SMILES string of the molecule is CCCCC(=O)Nc1ccc(-c2ccc(C(=O)CC(CCOc3ccccc3)C(=O)O)cc2)cc1. The fourth-order valence-corrected chi connectivity index (χ4v) is 3.65. The molecule has 0 aliphatic rings. The van der Waals surface area contributed by atoms with Gasteiger partial charge in [0.2, 0.25) is 5.91 Å². The number of hydrogen-bond acceptors (Lipinski definition) is 4. The molecule has 0 aromatic heterocycles. The van der Waals surface area contributed by atoms with Crippen molar-refractivity contribution >= 4 is 23.3 Å². The molecule has 0 aliphatic heterocycles. The van der Waals surface area contributed by atoms with E-state index in [0.29, 0.717) is 17.7 Å². The standard InChI is InChI=1S/C29H31NO5/c1-2-3-9-28(32)30-25-16-14-22(15-17-25)21-10-12-23(13-11-21)27(31)20-24(29(33)34)18-19-35-26-7-5-4-6-8-26/h4-8,10-17,24H,2-3,9,18-20H2,1H3,(H,30,32)(H,33,34). The number of hydrogen-bond donors (Lipinski definition) is 2. The highest BCUT2D eigenvalue weighted by Gasteiger charge is 2.22. The van der Waals surface area contributed by atoms with Crippen LogP contribution in [0.3, 0.4) is 0 Å². The van der Waals surface area contributed by atoms with Crippen LogP contribution >= 0.6 is 0 Å². The van der Waals surface area contributed by atoms with Gasteiger partial charge in [-0.25, -0.2) is 0 Å². The predicted molar refractivity (Wildman–Crippen MR) is 137 cm³/mol. The van der Waals surface area contributed by atoms with Gasteiger partial charge in [0.15, 0.2) is 5.78 Å². The number of ketones is 1. The van der Waals surface area contributed by atoms with E-state index in [1.54, 1.807) is 24.3 Å². The molecule has 0 bridgehead atoms. The number of ether oxygens (including phenoxy) is 1. The zero-order valence-corrected chi connectivity index (χ0v) is 19.9. The molecule has 1 atom stereocenters. The van der Waals surface area contributed by atoms with E-state index in [-0.39, 0.29) is 31.1 Å². The van der Waals surface area contributed by atoms with Crippen LogP contribution in [0.15, 0.2) is 78.9 Å². The Morgan fingerprint density at radius 1 is 0.886 bits per heavy atom. The molecule has 6 heteroatoms.